The maximum Gasteiger partial charge on any atom is 0.262 e. The Morgan fingerprint density at radius 3 is 2.87 bits per heavy atom. The van der Waals surface area contributed by atoms with Crippen LogP contribution in [0.15, 0.2) is 64.7 Å². The first-order chi connectivity index (χ1) is 14.5. The fourth-order valence-electron chi connectivity index (χ4n) is 3.00. The Balaban J connectivity index is 1.62. The molecule has 0 saturated carbocycles. The first-order valence-electron chi connectivity index (χ1n) is 9.17. The molecule has 0 N–H and O–H groups in total. The lowest BCUT2D eigenvalue weighted by molar-refractivity contribution is 0.183. The zero-order chi connectivity index (χ0) is 21.1. The van der Waals surface area contributed by atoms with E-state index in [0.717, 1.165) is 5.69 Å². The fourth-order valence-corrected chi connectivity index (χ4v) is 4.09. The van der Waals surface area contributed by atoms with E-state index in [0.29, 0.717) is 45.7 Å². The molecule has 0 spiro atoms. The van der Waals surface area contributed by atoms with Gasteiger partial charge in [0.1, 0.15) is 5.82 Å². The normalized spacial score (nSPS) is 11.3. The third kappa shape index (κ3) is 4.40. The Morgan fingerprint density at radius 2 is 2.07 bits per heavy atom. The molecule has 9 heteroatoms. The highest BCUT2D eigenvalue weighted by Gasteiger charge is 2.13. The standard InChI is InChI=1S/C21H18ClFN4O2S/c1-29-10-9-26-20(28)18-6-5-14(22)11-19(18)24-21(26)30-13-16-7-8-27(25-16)17-4-2-3-15(23)12-17/h2-8,11-12H,9-10,13H2,1H3. The van der Waals surface area contributed by atoms with Gasteiger partial charge in [0.2, 0.25) is 0 Å². The highest BCUT2D eigenvalue weighted by Crippen LogP contribution is 2.23. The fraction of sp³-hybridized carbons (Fsp3) is 0.190. The van der Waals surface area contributed by atoms with Crippen molar-refractivity contribution in [2.75, 3.05) is 13.7 Å². The van der Waals surface area contributed by atoms with Crippen LogP contribution in [0, 0.1) is 5.82 Å². The van der Waals surface area contributed by atoms with E-state index in [4.69, 9.17) is 16.3 Å². The molecule has 0 bridgehead atoms. The van der Waals surface area contributed by atoms with Crippen molar-refractivity contribution in [3.05, 3.63) is 81.6 Å². The van der Waals surface area contributed by atoms with E-state index in [2.05, 4.69) is 10.1 Å². The monoisotopic (exact) mass is 444 g/mol. The molecule has 30 heavy (non-hydrogen) atoms. The van der Waals surface area contributed by atoms with Crippen LogP contribution in [0.25, 0.3) is 16.6 Å². The number of ether oxygens (including phenoxy) is 1. The van der Waals surface area contributed by atoms with E-state index in [1.807, 2.05) is 6.07 Å². The average molecular weight is 445 g/mol. The van der Waals surface area contributed by atoms with Crippen LogP contribution >= 0.6 is 23.4 Å². The number of aromatic nitrogens is 4. The number of thioether (sulfide) groups is 1. The summed E-state index contributed by atoms with van der Waals surface area (Å²) in [6.45, 7) is 0.781. The minimum atomic E-state index is -0.319. The van der Waals surface area contributed by atoms with Crippen molar-refractivity contribution in [3.63, 3.8) is 0 Å². The number of methoxy groups -OCH3 is 1. The van der Waals surface area contributed by atoms with Crippen LogP contribution in [0.4, 0.5) is 4.39 Å². The van der Waals surface area contributed by atoms with Gasteiger partial charge in [-0.2, -0.15) is 5.10 Å². The Hall–Kier alpha value is -2.68. The third-order valence-electron chi connectivity index (χ3n) is 4.47. The van der Waals surface area contributed by atoms with Gasteiger partial charge in [-0.25, -0.2) is 14.1 Å². The molecule has 2 aromatic carbocycles. The molecular weight excluding hydrogens is 427 g/mol. The summed E-state index contributed by atoms with van der Waals surface area (Å²) in [7, 11) is 1.59. The summed E-state index contributed by atoms with van der Waals surface area (Å²) < 4.78 is 21.8. The second-order valence-corrected chi connectivity index (χ2v) is 7.90. The summed E-state index contributed by atoms with van der Waals surface area (Å²) in [5.74, 6) is 0.175. The van der Waals surface area contributed by atoms with E-state index in [1.165, 1.54) is 23.9 Å². The van der Waals surface area contributed by atoms with Crippen LogP contribution in [0.1, 0.15) is 5.69 Å². The lowest BCUT2D eigenvalue weighted by atomic mass is 10.2. The lowest BCUT2D eigenvalue weighted by Gasteiger charge is -2.12. The number of hydrogen-bond donors (Lipinski definition) is 0. The van der Waals surface area contributed by atoms with Gasteiger partial charge >= 0.3 is 0 Å². The summed E-state index contributed by atoms with van der Waals surface area (Å²) in [4.78, 5) is 17.6. The van der Waals surface area contributed by atoms with Gasteiger partial charge in [-0.1, -0.05) is 29.4 Å². The van der Waals surface area contributed by atoms with Gasteiger partial charge < -0.3 is 4.74 Å². The summed E-state index contributed by atoms with van der Waals surface area (Å²) in [6.07, 6.45) is 1.77. The molecule has 0 amide bonds. The molecule has 0 atom stereocenters. The highest BCUT2D eigenvalue weighted by atomic mass is 35.5. The van der Waals surface area contributed by atoms with Crippen LogP contribution < -0.4 is 5.56 Å². The van der Waals surface area contributed by atoms with Crippen LogP contribution in [0.3, 0.4) is 0 Å². The molecule has 2 aromatic heterocycles. The summed E-state index contributed by atoms with van der Waals surface area (Å²) in [5.41, 5.74) is 1.83. The molecular formula is C21H18ClFN4O2S. The first-order valence-corrected chi connectivity index (χ1v) is 10.5. The van der Waals surface area contributed by atoms with Crippen molar-refractivity contribution in [2.45, 2.75) is 17.5 Å². The molecule has 0 aliphatic carbocycles. The molecule has 0 aliphatic heterocycles. The zero-order valence-electron chi connectivity index (χ0n) is 16.1. The van der Waals surface area contributed by atoms with Gasteiger partial charge in [0.15, 0.2) is 5.16 Å². The van der Waals surface area contributed by atoms with Crippen molar-refractivity contribution >= 4 is 34.3 Å². The van der Waals surface area contributed by atoms with Crippen molar-refractivity contribution in [1.29, 1.82) is 0 Å². The van der Waals surface area contributed by atoms with Gasteiger partial charge in [-0.3, -0.25) is 9.36 Å². The number of halogens is 2. The minimum absolute atomic E-state index is 0.137. The minimum Gasteiger partial charge on any atom is -0.383 e. The average Bonchev–Trinajstić information content (AvgIpc) is 3.21. The predicted molar refractivity (Wildman–Crippen MR) is 116 cm³/mol. The largest absolute Gasteiger partial charge is 0.383 e. The molecule has 4 aromatic rings. The van der Waals surface area contributed by atoms with E-state index in [9.17, 15) is 9.18 Å². The predicted octanol–water partition coefficient (Wildman–Crippen LogP) is 4.31. The Morgan fingerprint density at radius 1 is 1.20 bits per heavy atom. The van der Waals surface area contributed by atoms with Gasteiger partial charge in [0.25, 0.3) is 5.56 Å². The van der Waals surface area contributed by atoms with Gasteiger partial charge in [0.05, 0.1) is 35.4 Å². The van der Waals surface area contributed by atoms with E-state index < -0.39 is 0 Å². The Bertz CT molecular complexity index is 1260. The topological polar surface area (TPSA) is 61.9 Å². The maximum absolute atomic E-state index is 13.5. The van der Waals surface area contributed by atoms with E-state index >= 15 is 0 Å². The molecule has 2 heterocycles. The van der Waals surface area contributed by atoms with Crippen molar-refractivity contribution in [2.24, 2.45) is 0 Å². The third-order valence-corrected chi connectivity index (χ3v) is 5.71. The first kappa shape index (κ1) is 20.6. The lowest BCUT2D eigenvalue weighted by Crippen LogP contribution is -2.25. The molecule has 0 saturated heterocycles. The number of benzene rings is 2. The second-order valence-electron chi connectivity index (χ2n) is 6.53. The van der Waals surface area contributed by atoms with Gasteiger partial charge in [-0.15, -0.1) is 0 Å². The Kier molecular flexibility index (Phi) is 6.17. The SMILES string of the molecule is COCCn1c(SCc2ccn(-c3cccc(F)c3)n2)nc2cc(Cl)ccc2c1=O. The molecule has 6 nitrogen and oxygen atoms in total. The van der Waals surface area contributed by atoms with E-state index in [1.54, 1.807) is 52.9 Å². The van der Waals surface area contributed by atoms with E-state index in [-0.39, 0.29) is 11.4 Å². The molecule has 0 fully saturated rings. The number of hydrogen-bond acceptors (Lipinski definition) is 5. The molecule has 0 unspecified atom stereocenters. The summed E-state index contributed by atoms with van der Waals surface area (Å²) in [6, 6.07) is 13.1. The highest BCUT2D eigenvalue weighted by molar-refractivity contribution is 7.98. The maximum atomic E-state index is 13.5. The second kappa shape index (κ2) is 8.99. The zero-order valence-corrected chi connectivity index (χ0v) is 17.7. The van der Waals surface area contributed by atoms with Crippen LogP contribution in [0.2, 0.25) is 5.02 Å². The summed E-state index contributed by atoms with van der Waals surface area (Å²) >= 11 is 7.48. The molecule has 154 valence electrons. The Labute approximate surface area is 181 Å². The molecule has 0 aliphatic rings. The molecule has 4 rings (SSSR count). The summed E-state index contributed by atoms with van der Waals surface area (Å²) in [5, 5.41) is 6.09. The molecule has 0 radical (unpaired) electrons. The van der Waals surface area contributed by atoms with Crippen molar-refractivity contribution < 1.29 is 9.13 Å². The number of fused-ring (bicyclic) bond motifs is 1. The van der Waals surface area contributed by atoms with Crippen LogP contribution in [0.5, 0.6) is 0 Å². The smallest absolute Gasteiger partial charge is 0.262 e. The van der Waals surface area contributed by atoms with Crippen LogP contribution in [-0.4, -0.2) is 33.0 Å². The van der Waals surface area contributed by atoms with Gasteiger partial charge in [0, 0.05) is 24.1 Å². The number of rotatable bonds is 7. The van der Waals surface area contributed by atoms with Crippen molar-refractivity contribution in [1.82, 2.24) is 19.3 Å². The van der Waals surface area contributed by atoms with Gasteiger partial charge in [-0.05, 0) is 42.5 Å². The van der Waals surface area contributed by atoms with Crippen molar-refractivity contribution in [3.8, 4) is 5.69 Å². The quantitative estimate of drug-likeness (QED) is 0.314. The number of nitrogens with zero attached hydrogens (tertiary/aromatic N) is 4. The van der Waals surface area contributed by atoms with Crippen LogP contribution in [-0.2, 0) is 17.0 Å².